The van der Waals surface area contributed by atoms with Crippen molar-refractivity contribution in [2.24, 2.45) is 0 Å². The van der Waals surface area contributed by atoms with Gasteiger partial charge in [-0.05, 0) is 18.6 Å². The number of anilines is 1. The van der Waals surface area contributed by atoms with E-state index >= 15 is 0 Å². The van der Waals surface area contributed by atoms with E-state index in [9.17, 15) is 19.2 Å². The first-order valence-corrected chi connectivity index (χ1v) is 10.6. The molecule has 2 aromatic carbocycles. The van der Waals surface area contributed by atoms with Gasteiger partial charge in [0.05, 0.1) is 17.7 Å². The van der Waals surface area contributed by atoms with Crippen LogP contribution in [0.4, 0.5) is 5.13 Å². The van der Waals surface area contributed by atoms with E-state index in [0.717, 1.165) is 0 Å². The van der Waals surface area contributed by atoms with Crippen LogP contribution in [0.5, 0.6) is 0 Å². The highest BCUT2D eigenvalue weighted by atomic mass is 32.1. The smallest absolute Gasteiger partial charge is 0.261 e. The zero-order valence-corrected chi connectivity index (χ0v) is 17.4. The minimum atomic E-state index is -0.331. The Labute approximate surface area is 182 Å². The third kappa shape index (κ3) is 4.59. The molecule has 4 rings (SSSR count). The van der Waals surface area contributed by atoms with Crippen LogP contribution in [0.2, 0.25) is 0 Å². The summed E-state index contributed by atoms with van der Waals surface area (Å²) >= 11 is 1.21. The first kappa shape index (κ1) is 20.6. The normalized spacial score (nSPS) is 12.7. The molecule has 1 aromatic heterocycles. The molecule has 0 bridgehead atoms. The minimum Gasteiger partial charge on any atom is -0.302 e. The molecule has 0 spiro atoms. The van der Waals surface area contributed by atoms with E-state index in [1.54, 1.807) is 42.6 Å². The van der Waals surface area contributed by atoms with Gasteiger partial charge in [-0.3, -0.25) is 24.1 Å². The number of carbonyl (C=O) groups is 4. The average Bonchev–Trinajstić information content (AvgIpc) is 3.32. The number of ketones is 1. The Bertz CT molecular complexity index is 1120. The molecule has 7 nitrogen and oxygen atoms in total. The Kier molecular flexibility index (Phi) is 5.99. The van der Waals surface area contributed by atoms with Crippen molar-refractivity contribution in [3.8, 4) is 0 Å². The Morgan fingerprint density at radius 1 is 0.903 bits per heavy atom. The third-order valence-electron chi connectivity index (χ3n) is 4.90. The first-order chi connectivity index (χ1) is 15.0. The van der Waals surface area contributed by atoms with Gasteiger partial charge < -0.3 is 5.32 Å². The van der Waals surface area contributed by atoms with E-state index in [2.05, 4.69) is 10.3 Å². The predicted molar refractivity (Wildman–Crippen MR) is 116 cm³/mol. The highest BCUT2D eigenvalue weighted by Gasteiger charge is 2.35. The Morgan fingerprint density at radius 3 is 2.23 bits per heavy atom. The summed E-state index contributed by atoms with van der Waals surface area (Å²) in [6.07, 6.45) is 2.47. The zero-order valence-electron chi connectivity index (χ0n) is 16.5. The number of nitrogens with zero attached hydrogens (tertiary/aromatic N) is 2. The summed E-state index contributed by atoms with van der Waals surface area (Å²) in [4.78, 5) is 55.2. The molecular weight excluding hydrogens is 414 g/mol. The maximum atomic E-state index is 12.5. The van der Waals surface area contributed by atoms with Crippen molar-refractivity contribution in [3.63, 3.8) is 0 Å². The molecule has 0 fully saturated rings. The standard InChI is InChI=1S/C23H19N3O4S/c27-19(15-7-2-1-3-8-15)11-6-12-20(28)25-23-24-13-16(31-23)14-26-21(29)17-9-4-5-10-18(17)22(26)30/h1-5,7-10,13H,6,11-12,14H2,(H,24,25,28). The van der Waals surface area contributed by atoms with Gasteiger partial charge >= 0.3 is 0 Å². The Morgan fingerprint density at radius 2 is 1.55 bits per heavy atom. The molecule has 0 unspecified atom stereocenters. The summed E-state index contributed by atoms with van der Waals surface area (Å²) in [5, 5.41) is 3.10. The van der Waals surface area contributed by atoms with Crippen LogP contribution in [-0.2, 0) is 11.3 Å². The molecule has 0 atom stereocenters. The quantitative estimate of drug-likeness (QED) is 0.429. The number of imide groups is 1. The van der Waals surface area contributed by atoms with Crippen LogP contribution in [0, 0.1) is 0 Å². The van der Waals surface area contributed by atoms with Crippen LogP contribution in [0.3, 0.4) is 0 Å². The number of rotatable bonds is 8. The van der Waals surface area contributed by atoms with Crippen molar-refractivity contribution in [1.82, 2.24) is 9.88 Å². The number of hydrogen-bond donors (Lipinski definition) is 1. The average molecular weight is 433 g/mol. The van der Waals surface area contributed by atoms with Gasteiger partial charge in [-0.25, -0.2) is 4.98 Å². The summed E-state index contributed by atoms with van der Waals surface area (Å²) in [5.74, 6) is -0.890. The van der Waals surface area contributed by atoms with Crippen molar-refractivity contribution < 1.29 is 19.2 Å². The second kappa shape index (κ2) is 9.01. The number of carbonyl (C=O) groups excluding carboxylic acids is 4. The molecule has 3 aromatic rings. The van der Waals surface area contributed by atoms with E-state index in [-0.39, 0.29) is 36.5 Å². The largest absolute Gasteiger partial charge is 0.302 e. The maximum Gasteiger partial charge on any atom is 0.261 e. The van der Waals surface area contributed by atoms with Gasteiger partial charge in [0, 0.05) is 29.5 Å². The van der Waals surface area contributed by atoms with E-state index < -0.39 is 0 Å². The number of Topliss-reactive ketones (excluding diaryl/α,β-unsaturated/α-hetero) is 1. The fourth-order valence-electron chi connectivity index (χ4n) is 3.34. The zero-order chi connectivity index (χ0) is 21.8. The Balaban J connectivity index is 1.27. The lowest BCUT2D eigenvalue weighted by molar-refractivity contribution is -0.116. The lowest BCUT2D eigenvalue weighted by atomic mass is 10.1. The molecule has 0 aliphatic carbocycles. The van der Waals surface area contributed by atoms with Crippen molar-refractivity contribution in [1.29, 1.82) is 0 Å². The van der Waals surface area contributed by atoms with E-state index in [4.69, 9.17) is 0 Å². The number of benzene rings is 2. The molecule has 31 heavy (non-hydrogen) atoms. The van der Waals surface area contributed by atoms with Crippen molar-refractivity contribution in [2.75, 3.05) is 5.32 Å². The highest BCUT2D eigenvalue weighted by molar-refractivity contribution is 7.15. The molecule has 8 heteroatoms. The predicted octanol–water partition coefficient (Wildman–Crippen LogP) is 3.93. The number of thiazole rings is 1. The van der Waals surface area contributed by atoms with Gasteiger partial charge in [0.2, 0.25) is 5.91 Å². The summed E-state index contributed by atoms with van der Waals surface area (Å²) in [6.45, 7) is 0.103. The maximum absolute atomic E-state index is 12.5. The summed E-state index contributed by atoms with van der Waals surface area (Å²) < 4.78 is 0. The van der Waals surface area contributed by atoms with E-state index in [1.165, 1.54) is 16.2 Å². The van der Waals surface area contributed by atoms with Crippen LogP contribution >= 0.6 is 11.3 Å². The topological polar surface area (TPSA) is 96.4 Å². The van der Waals surface area contributed by atoms with Crippen molar-refractivity contribution >= 4 is 40.0 Å². The number of hydrogen-bond acceptors (Lipinski definition) is 6. The van der Waals surface area contributed by atoms with Gasteiger partial charge in [0.25, 0.3) is 11.8 Å². The Hall–Kier alpha value is -3.65. The SMILES string of the molecule is O=C(CCCC(=O)c1ccccc1)Nc1ncc(CN2C(=O)c3ccccc3C2=O)s1. The second-order valence-electron chi connectivity index (χ2n) is 7.06. The number of aromatic nitrogens is 1. The van der Waals surface area contributed by atoms with Gasteiger partial charge in [-0.2, -0.15) is 0 Å². The van der Waals surface area contributed by atoms with Crippen LogP contribution in [0.25, 0.3) is 0 Å². The second-order valence-corrected chi connectivity index (χ2v) is 8.18. The molecule has 1 N–H and O–H groups in total. The van der Waals surface area contributed by atoms with Crippen molar-refractivity contribution in [3.05, 3.63) is 82.4 Å². The molecule has 2 heterocycles. The van der Waals surface area contributed by atoms with Gasteiger partial charge in [0.1, 0.15) is 0 Å². The monoisotopic (exact) mass is 433 g/mol. The number of nitrogens with one attached hydrogen (secondary N) is 1. The van der Waals surface area contributed by atoms with E-state index in [0.29, 0.717) is 39.5 Å². The lowest BCUT2D eigenvalue weighted by Gasteiger charge is -2.11. The fraction of sp³-hybridized carbons (Fsp3) is 0.174. The molecule has 156 valence electrons. The minimum absolute atomic E-state index is 0.00544. The molecule has 0 radical (unpaired) electrons. The number of amides is 3. The molecule has 1 aliphatic rings. The summed E-state index contributed by atoms with van der Waals surface area (Å²) in [7, 11) is 0. The molecule has 3 amide bonds. The number of fused-ring (bicyclic) bond motifs is 1. The summed E-state index contributed by atoms with van der Waals surface area (Å²) in [6, 6.07) is 15.7. The molecular formula is C23H19N3O4S. The highest BCUT2D eigenvalue weighted by Crippen LogP contribution is 2.27. The van der Waals surface area contributed by atoms with Gasteiger partial charge in [-0.15, -0.1) is 0 Å². The first-order valence-electron chi connectivity index (χ1n) is 9.81. The van der Waals surface area contributed by atoms with Crippen LogP contribution in [0.15, 0.2) is 60.8 Å². The van der Waals surface area contributed by atoms with Crippen molar-refractivity contribution in [2.45, 2.75) is 25.8 Å². The van der Waals surface area contributed by atoms with Crippen LogP contribution in [-0.4, -0.2) is 33.4 Å². The van der Waals surface area contributed by atoms with Gasteiger partial charge in [-0.1, -0.05) is 53.8 Å². The van der Waals surface area contributed by atoms with Crippen LogP contribution < -0.4 is 5.32 Å². The molecule has 0 saturated carbocycles. The lowest BCUT2D eigenvalue weighted by Crippen LogP contribution is -2.28. The molecule has 0 saturated heterocycles. The van der Waals surface area contributed by atoms with Crippen LogP contribution in [0.1, 0.15) is 55.2 Å². The fourth-order valence-corrected chi connectivity index (χ4v) is 4.15. The summed E-state index contributed by atoms with van der Waals surface area (Å²) in [5.41, 5.74) is 1.44. The van der Waals surface area contributed by atoms with Gasteiger partial charge in [0.15, 0.2) is 10.9 Å². The molecule has 1 aliphatic heterocycles. The van der Waals surface area contributed by atoms with E-state index in [1.807, 2.05) is 18.2 Å². The third-order valence-corrected chi connectivity index (χ3v) is 5.79.